The normalized spacial score (nSPS) is 23.2. The number of carbonyl (C=O) groups is 3. The lowest BCUT2D eigenvalue weighted by Crippen LogP contribution is -2.38. The van der Waals surface area contributed by atoms with Crippen LogP contribution >= 0.6 is 0 Å². The molecule has 2 aliphatic rings. The molecule has 1 saturated carbocycles. The monoisotopic (exact) mass is 344 g/mol. The van der Waals surface area contributed by atoms with Crippen molar-refractivity contribution in [2.24, 2.45) is 17.8 Å². The Morgan fingerprint density at radius 3 is 2.28 bits per heavy atom. The van der Waals surface area contributed by atoms with E-state index in [9.17, 15) is 14.4 Å². The van der Waals surface area contributed by atoms with Crippen LogP contribution in [0.2, 0.25) is 0 Å². The van der Waals surface area contributed by atoms with Gasteiger partial charge in [-0.2, -0.15) is 0 Å². The van der Waals surface area contributed by atoms with Gasteiger partial charge in [0.25, 0.3) is 5.91 Å². The van der Waals surface area contributed by atoms with Crippen LogP contribution in [0.1, 0.15) is 43.0 Å². The van der Waals surface area contributed by atoms with Gasteiger partial charge >= 0.3 is 5.97 Å². The van der Waals surface area contributed by atoms with Gasteiger partial charge in [-0.25, -0.2) is 0 Å². The third-order valence-corrected chi connectivity index (χ3v) is 5.21. The summed E-state index contributed by atoms with van der Waals surface area (Å²) < 4.78 is 0. The predicted octanol–water partition coefficient (Wildman–Crippen LogP) is 2.61. The fraction of sp³-hybridized carbons (Fsp3) is 0.526. The highest BCUT2D eigenvalue weighted by Gasteiger charge is 2.39. The van der Waals surface area contributed by atoms with Crippen LogP contribution in [0.3, 0.4) is 0 Å². The molecule has 2 N–H and O–H groups in total. The molecule has 3 rings (SSSR count). The molecular weight excluding hydrogens is 320 g/mol. The second-order valence-electron chi connectivity index (χ2n) is 7.22. The second kappa shape index (κ2) is 7.25. The molecule has 6 heteroatoms. The van der Waals surface area contributed by atoms with Gasteiger partial charge in [0.2, 0.25) is 5.91 Å². The third-order valence-electron chi connectivity index (χ3n) is 5.21. The molecule has 0 radical (unpaired) electrons. The Hall–Kier alpha value is -2.37. The van der Waals surface area contributed by atoms with Crippen molar-refractivity contribution in [1.82, 2.24) is 4.90 Å². The highest BCUT2D eigenvalue weighted by Crippen LogP contribution is 2.38. The molecule has 0 bridgehead atoms. The summed E-state index contributed by atoms with van der Waals surface area (Å²) in [6.07, 6.45) is 2.58. The molecule has 0 aromatic heterocycles. The van der Waals surface area contributed by atoms with Crippen molar-refractivity contribution < 1.29 is 19.5 Å². The van der Waals surface area contributed by atoms with E-state index in [1.807, 2.05) is 0 Å². The number of carboxylic acid groups (broad SMARTS) is 1. The molecular formula is C19H24N2O4. The van der Waals surface area contributed by atoms with E-state index in [1.165, 1.54) is 0 Å². The lowest BCUT2D eigenvalue weighted by molar-refractivity contribution is -0.138. The van der Waals surface area contributed by atoms with Crippen molar-refractivity contribution in [1.29, 1.82) is 0 Å². The topological polar surface area (TPSA) is 86.7 Å². The van der Waals surface area contributed by atoms with Gasteiger partial charge in [0.15, 0.2) is 0 Å². The summed E-state index contributed by atoms with van der Waals surface area (Å²) in [6.45, 7) is 3.25. The van der Waals surface area contributed by atoms with E-state index in [0.29, 0.717) is 30.3 Å². The van der Waals surface area contributed by atoms with E-state index in [-0.39, 0.29) is 30.1 Å². The quantitative estimate of drug-likeness (QED) is 0.859. The zero-order valence-corrected chi connectivity index (χ0v) is 14.4. The Balaban J connectivity index is 1.52. The van der Waals surface area contributed by atoms with Gasteiger partial charge in [-0.1, -0.05) is 6.92 Å². The van der Waals surface area contributed by atoms with Crippen LogP contribution in [0, 0.1) is 17.8 Å². The van der Waals surface area contributed by atoms with Crippen molar-refractivity contribution in [2.75, 3.05) is 18.4 Å². The number of anilines is 1. The number of likely N-dealkylation sites (tertiary alicyclic amines) is 1. The molecule has 1 aromatic rings. The van der Waals surface area contributed by atoms with Gasteiger partial charge in [-0.3, -0.25) is 14.4 Å². The summed E-state index contributed by atoms with van der Waals surface area (Å²) >= 11 is 0. The van der Waals surface area contributed by atoms with Crippen LogP contribution in [-0.4, -0.2) is 40.9 Å². The van der Waals surface area contributed by atoms with Crippen molar-refractivity contribution in [2.45, 2.75) is 32.6 Å². The summed E-state index contributed by atoms with van der Waals surface area (Å²) in [5.74, 6) is -0.0279. The Bertz CT molecular complexity index is 663. The molecule has 1 aliphatic carbocycles. The van der Waals surface area contributed by atoms with Crippen LogP contribution in [0.25, 0.3) is 0 Å². The number of rotatable bonds is 5. The number of hydrogen-bond donors (Lipinski definition) is 2. The summed E-state index contributed by atoms with van der Waals surface area (Å²) in [5.41, 5.74) is 1.30. The third kappa shape index (κ3) is 4.38. The smallest absolute Gasteiger partial charge is 0.303 e. The molecule has 2 amide bonds. The maximum atomic E-state index is 12.5. The molecule has 25 heavy (non-hydrogen) atoms. The van der Waals surface area contributed by atoms with Crippen LogP contribution in [-0.2, 0) is 9.59 Å². The van der Waals surface area contributed by atoms with Crippen molar-refractivity contribution in [3.63, 3.8) is 0 Å². The predicted molar refractivity (Wildman–Crippen MR) is 93.2 cm³/mol. The maximum absolute atomic E-state index is 12.5. The Morgan fingerprint density at radius 1 is 1.16 bits per heavy atom. The number of carboxylic acids is 1. The number of piperidine rings is 1. The molecule has 1 aliphatic heterocycles. The number of aliphatic carboxylic acids is 1. The molecule has 2 unspecified atom stereocenters. The second-order valence-corrected chi connectivity index (χ2v) is 7.22. The lowest BCUT2D eigenvalue weighted by Gasteiger charge is -2.31. The van der Waals surface area contributed by atoms with Crippen LogP contribution < -0.4 is 5.32 Å². The van der Waals surface area contributed by atoms with E-state index in [2.05, 4.69) is 12.2 Å². The van der Waals surface area contributed by atoms with E-state index in [4.69, 9.17) is 5.11 Å². The molecule has 1 saturated heterocycles. The number of carbonyl (C=O) groups excluding carboxylic acids is 2. The van der Waals surface area contributed by atoms with Crippen molar-refractivity contribution in [3.05, 3.63) is 29.8 Å². The summed E-state index contributed by atoms with van der Waals surface area (Å²) in [5, 5.41) is 11.7. The van der Waals surface area contributed by atoms with Gasteiger partial charge in [-0.05, 0) is 55.4 Å². The first kappa shape index (κ1) is 17.5. The van der Waals surface area contributed by atoms with Crippen LogP contribution in [0.5, 0.6) is 0 Å². The van der Waals surface area contributed by atoms with Gasteiger partial charge < -0.3 is 15.3 Å². The van der Waals surface area contributed by atoms with Gasteiger partial charge in [0.1, 0.15) is 0 Å². The molecule has 2 atom stereocenters. The minimum atomic E-state index is -0.775. The van der Waals surface area contributed by atoms with Gasteiger partial charge in [0.05, 0.1) is 0 Å². The van der Waals surface area contributed by atoms with E-state index in [0.717, 1.165) is 19.3 Å². The molecule has 6 nitrogen and oxygen atoms in total. The number of amides is 2. The average Bonchev–Trinajstić information content (AvgIpc) is 3.32. The summed E-state index contributed by atoms with van der Waals surface area (Å²) in [4.78, 5) is 37.0. The first-order chi connectivity index (χ1) is 11.9. The Labute approximate surface area is 147 Å². The first-order valence-corrected chi connectivity index (χ1v) is 8.86. The van der Waals surface area contributed by atoms with E-state index in [1.54, 1.807) is 29.2 Å². The lowest BCUT2D eigenvalue weighted by atomic mass is 9.93. The zero-order chi connectivity index (χ0) is 18.0. The number of hydrogen-bond acceptors (Lipinski definition) is 3. The van der Waals surface area contributed by atoms with E-state index >= 15 is 0 Å². The average molecular weight is 344 g/mol. The number of nitrogens with zero attached hydrogens (tertiary/aromatic N) is 1. The van der Waals surface area contributed by atoms with Crippen molar-refractivity contribution >= 4 is 23.5 Å². The van der Waals surface area contributed by atoms with Crippen LogP contribution in [0.15, 0.2) is 24.3 Å². The van der Waals surface area contributed by atoms with Gasteiger partial charge in [-0.15, -0.1) is 0 Å². The Morgan fingerprint density at radius 2 is 1.76 bits per heavy atom. The maximum Gasteiger partial charge on any atom is 0.303 e. The standard InChI is InChI=1S/C19H24N2O4/c1-12-10-16(12)18(24)20-15-4-2-14(3-5-15)19(25)21-8-6-13(7-9-21)11-17(22)23/h2-5,12-13,16H,6-11H2,1H3,(H,20,24)(H,22,23). The minimum Gasteiger partial charge on any atom is -0.481 e. The van der Waals surface area contributed by atoms with E-state index < -0.39 is 5.97 Å². The zero-order valence-electron chi connectivity index (χ0n) is 14.4. The Kier molecular flexibility index (Phi) is 5.06. The van der Waals surface area contributed by atoms with Gasteiger partial charge in [0, 0.05) is 36.7 Å². The highest BCUT2D eigenvalue weighted by atomic mass is 16.4. The fourth-order valence-corrected chi connectivity index (χ4v) is 3.39. The summed E-state index contributed by atoms with van der Waals surface area (Å²) in [6, 6.07) is 6.99. The molecule has 2 fully saturated rings. The fourth-order valence-electron chi connectivity index (χ4n) is 3.39. The molecule has 134 valence electrons. The summed E-state index contributed by atoms with van der Waals surface area (Å²) in [7, 11) is 0. The first-order valence-electron chi connectivity index (χ1n) is 8.86. The SMILES string of the molecule is CC1CC1C(=O)Nc1ccc(C(=O)N2CCC(CC(=O)O)CC2)cc1. The molecule has 0 spiro atoms. The largest absolute Gasteiger partial charge is 0.481 e. The molecule has 1 heterocycles. The van der Waals surface area contributed by atoms with Crippen molar-refractivity contribution in [3.8, 4) is 0 Å². The molecule has 1 aromatic carbocycles. The minimum absolute atomic E-state index is 0.0394. The highest BCUT2D eigenvalue weighted by molar-refractivity contribution is 5.97. The number of nitrogens with one attached hydrogen (secondary N) is 1. The van der Waals surface area contributed by atoms with Crippen LogP contribution in [0.4, 0.5) is 5.69 Å². The number of benzene rings is 1.